The van der Waals surface area contributed by atoms with Gasteiger partial charge in [0.15, 0.2) is 4.96 Å². The number of aromatic hydroxyl groups is 1. The van der Waals surface area contributed by atoms with Gasteiger partial charge < -0.3 is 15.7 Å². The van der Waals surface area contributed by atoms with E-state index in [1.165, 1.54) is 4.70 Å². The van der Waals surface area contributed by atoms with Crippen LogP contribution >= 0.6 is 11.3 Å². The molecule has 0 aliphatic heterocycles. The molecule has 4 aromatic carbocycles. The van der Waals surface area contributed by atoms with Crippen LogP contribution in [0.4, 0.5) is 5.69 Å². The average molecular weight is 575 g/mol. The van der Waals surface area contributed by atoms with Gasteiger partial charge in [0, 0.05) is 23.9 Å². The van der Waals surface area contributed by atoms with Gasteiger partial charge in [-0.15, -0.1) is 0 Å². The molecule has 0 aliphatic rings. The number of hydrogen-bond donors (Lipinski definition) is 3. The number of rotatable bonds is 8. The number of carbonyl (C=O) groups is 2. The Balaban J connectivity index is 1.18. The number of para-hydroxylation sites is 1. The monoisotopic (exact) mass is 574 g/mol. The normalized spacial score (nSPS) is 12.0. The van der Waals surface area contributed by atoms with Crippen molar-refractivity contribution < 1.29 is 14.7 Å². The summed E-state index contributed by atoms with van der Waals surface area (Å²) in [7, 11) is 0. The van der Waals surface area contributed by atoms with Crippen LogP contribution in [0.5, 0.6) is 5.75 Å². The van der Waals surface area contributed by atoms with E-state index in [9.17, 15) is 14.7 Å². The van der Waals surface area contributed by atoms with Crippen LogP contribution in [0.25, 0.3) is 26.4 Å². The molecule has 0 spiro atoms. The molecule has 0 radical (unpaired) electrons. The molecular formula is C34H30N4O3S. The molecule has 0 bridgehead atoms. The molecule has 0 aliphatic carbocycles. The van der Waals surface area contributed by atoms with Crippen molar-refractivity contribution in [2.45, 2.75) is 32.7 Å². The molecule has 6 aromatic rings. The summed E-state index contributed by atoms with van der Waals surface area (Å²) in [6.07, 6.45) is 2.48. The highest BCUT2D eigenvalue weighted by Gasteiger charge is 2.22. The minimum Gasteiger partial charge on any atom is -0.508 e. The molecule has 0 saturated carbocycles. The van der Waals surface area contributed by atoms with Crippen LogP contribution in [0.1, 0.15) is 22.3 Å². The topological polar surface area (TPSA) is 95.7 Å². The van der Waals surface area contributed by atoms with E-state index in [1.54, 1.807) is 35.6 Å². The SMILES string of the molecule is Cc1cc(C)cc(CC(=O)N[C@@H](Cc2ccc(O)cc2)C(=O)Nc2ccc(-c3cn4c(n3)sc3ccccc34)cc2)c1. The Morgan fingerprint density at radius 3 is 2.36 bits per heavy atom. The summed E-state index contributed by atoms with van der Waals surface area (Å²) >= 11 is 1.65. The van der Waals surface area contributed by atoms with Gasteiger partial charge >= 0.3 is 0 Å². The molecule has 0 fully saturated rings. The van der Waals surface area contributed by atoms with E-state index >= 15 is 0 Å². The number of aryl methyl sites for hydroxylation is 2. The summed E-state index contributed by atoms with van der Waals surface area (Å²) in [5, 5.41) is 15.6. The van der Waals surface area contributed by atoms with Gasteiger partial charge in [-0.3, -0.25) is 14.0 Å². The van der Waals surface area contributed by atoms with Crippen LogP contribution in [0.3, 0.4) is 0 Å². The fourth-order valence-corrected chi connectivity index (χ4v) is 6.23. The number of phenolic OH excluding ortho intramolecular Hbond substituents is 1. The third-order valence-electron chi connectivity index (χ3n) is 7.12. The van der Waals surface area contributed by atoms with Crippen LogP contribution < -0.4 is 10.6 Å². The highest BCUT2D eigenvalue weighted by molar-refractivity contribution is 7.23. The Kier molecular flexibility index (Phi) is 7.46. The van der Waals surface area contributed by atoms with E-state index in [0.29, 0.717) is 5.69 Å². The highest BCUT2D eigenvalue weighted by atomic mass is 32.1. The fraction of sp³-hybridized carbons (Fsp3) is 0.147. The summed E-state index contributed by atoms with van der Waals surface area (Å²) in [5.41, 5.74) is 7.43. The lowest BCUT2D eigenvalue weighted by molar-refractivity contribution is -0.126. The van der Waals surface area contributed by atoms with Gasteiger partial charge in [-0.2, -0.15) is 0 Å². The van der Waals surface area contributed by atoms with Crippen molar-refractivity contribution in [3.05, 3.63) is 119 Å². The van der Waals surface area contributed by atoms with E-state index in [2.05, 4.69) is 33.2 Å². The molecule has 7 nitrogen and oxygen atoms in total. The minimum atomic E-state index is -0.805. The number of carbonyl (C=O) groups excluding carboxylic acids is 2. The summed E-state index contributed by atoms with van der Waals surface area (Å²) in [6.45, 7) is 4.00. The number of phenols is 1. The second-order valence-electron chi connectivity index (χ2n) is 10.6. The van der Waals surface area contributed by atoms with Gasteiger partial charge in [-0.05, 0) is 61.4 Å². The number of hydrogen-bond acceptors (Lipinski definition) is 5. The molecule has 210 valence electrons. The number of benzene rings is 4. The van der Waals surface area contributed by atoms with Crippen molar-refractivity contribution in [2.75, 3.05) is 5.32 Å². The lowest BCUT2D eigenvalue weighted by Crippen LogP contribution is -2.45. The van der Waals surface area contributed by atoms with Crippen molar-refractivity contribution in [3.8, 4) is 17.0 Å². The Bertz CT molecular complexity index is 1890. The molecule has 2 amide bonds. The number of fused-ring (bicyclic) bond motifs is 3. The molecule has 0 saturated heterocycles. The summed E-state index contributed by atoms with van der Waals surface area (Å²) in [4.78, 5) is 32.2. The summed E-state index contributed by atoms with van der Waals surface area (Å²) in [5.74, 6) is -0.412. The number of amides is 2. The molecule has 6 rings (SSSR count). The van der Waals surface area contributed by atoms with Crippen LogP contribution in [0.15, 0.2) is 97.2 Å². The number of aromatic nitrogens is 2. The third kappa shape index (κ3) is 6.04. The highest BCUT2D eigenvalue weighted by Crippen LogP contribution is 2.29. The lowest BCUT2D eigenvalue weighted by Gasteiger charge is -2.19. The quantitative estimate of drug-likeness (QED) is 0.195. The van der Waals surface area contributed by atoms with Crippen molar-refractivity contribution >= 4 is 44.0 Å². The smallest absolute Gasteiger partial charge is 0.247 e. The molecule has 42 heavy (non-hydrogen) atoms. The summed E-state index contributed by atoms with van der Waals surface area (Å²) in [6, 6.07) is 27.6. The Morgan fingerprint density at radius 2 is 1.62 bits per heavy atom. The second kappa shape index (κ2) is 11.5. The van der Waals surface area contributed by atoms with Crippen LogP contribution in [0, 0.1) is 13.8 Å². The predicted octanol–water partition coefficient (Wildman–Crippen LogP) is 6.45. The first-order chi connectivity index (χ1) is 20.3. The van der Waals surface area contributed by atoms with E-state index in [4.69, 9.17) is 4.98 Å². The molecule has 0 unspecified atom stereocenters. The lowest BCUT2D eigenvalue weighted by atomic mass is 10.0. The first kappa shape index (κ1) is 27.2. The first-order valence-corrected chi connectivity index (χ1v) is 14.5. The van der Waals surface area contributed by atoms with Gasteiger partial charge in [-0.25, -0.2) is 4.98 Å². The maximum Gasteiger partial charge on any atom is 0.247 e. The van der Waals surface area contributed by atoms with E-state index in [1.807, 2.05) is 68.6 Å². The minimum absolute atomic E-state index is 0.143. The Morgan fingerprint density at radius 1 is 0.905 bits per heavy atom. The van der Waals surface area contributed by atoms with E-state index in [-0.39, 0.29) is 30.4 Å². The summed E-state index contributed by atoms with van der Waals surface area (Å²) < 4.78 is 3.28. The molecule has 1 atom stereocenters. The van der Waals surface area contributed by atoms with Crippen molar-refractivity contribution in [1.29, 1.82) is 0 Å². The third-order valence-corrected chi connectivity index (χ3v) is 8.16. The van der Waals surface area contributed by atoms with Gasteiger partial charge in [0.25, 0.3) is 0 Å². The van der Waals surface area contributed by atoms with Crippen molar-refractivity contribution in [1.82, 2.24) is 14.7 Å². The zero-order valence-corrected chi connectivity index (χ0v) is 24.1. The van der Waals surface area contributed by atoms with Crippen molar-refractivity contribution in [2.24, 2.45) is 0 Å². The van der Waals surface area contributed by atoms with E-state index in [0.717, 1.165) is 44.0 Å². The maximum absolute atomic E-state index is 13.5. The number of anilines is 1. The first-order valence-electron chi connectivity index (χ1n) is 13.7. The van der Waals surface area contributed by atoms with Gasteiger partial charge in [0.2, 0.25) is 11.8 Å². The Labute approximate surface area is 247 Å². The van der Waals surface area contributed by atoms with Gasteiger partial charge in [-0.1, -0.05) is 77.1 Å². The zero-order valence-electron chi connectivity index (χ0n) is 23.3. The maximum atomic E-state index is 13.5. The molecule has 2 heterocycles. The van der Waals surface area contributed by atoms with Crippen LogP contribution in [-0.2, 0) is 22.4 Å². The number of nitrogens with zero attached hydrogens (tertiary/aromatic N) is 2. The van der Waals surface area contributed by atoms with E-state index < -0.39 is 6.04 Å². The molecule has 3 N–H and O–H groups in total. The number of nitrogens with one attached hydrogen (secondary N) is 2. The Hall–Kier alpha value is -4.95. The molecule has 8 heteroatoms. The van der Waals surface area contributed by atoms with Crippen molar-refractivity contribution in [3.63, 3.8) is 0 Å². The largest absolute Gasteiger partial charge is 0.508 e. The molecule has 2 aromatic heterocycles. The standard InChI is InChI=1S/C34H30N4O3S/c1-21-15-22(2)17-24(16-21)19-32(40)36-28(18-23-7-13-27(39)14-8-23)33(41)35-26-11-9-25(10-12-26)29-20-38-30-5-3-4-6-31(30)42-34(38)37-29/h3-17,20,28,39H,18-19H2,1-2H3,(H,35,41)(H,36,40)/t28-/m0/s1. The number of thiazole rings is 1. The van der Waals surface area contributed by atoms with Gasteiger partial charge in [0.05, 0.1) is 22.3 Å². The van der Waals surface area contributed by atoms with Gasteiger partial charge in [0.1, 0.15) is 11.8 Å². The fourth-order valence-electron chi connectivity index (χ4n) is 5.22. The van der Waals surface area contributed by atoms with Crippen LogP contribution in [0.2, 0.25) is 0 Å². The number of imidazole rings is 1. The molecular weight excluding hydrogens is 544 g/mol. The average Bonchev–Trinajstić information content (AvgIpc) is 3.52. The van der Waals surface area contributed by atoms with Crippen LogP contribution in [-0.4, -0.2) is 32.3 Å². The zero-order chi connectivity index (χ0) is 29.2. The predicted molar refractivity (Wildman–Crippen MR) is 168 cm³/mol. The second-order valence-corrected chi connectivity index (χ2v) is 11.6.